The van der Waals surface area contributed by atoms with Gasteiger partial charge in [0, 0.05) is 12.3 Å². The van der Waals surface area contributed by atoms with Gasteiger partial charge >= 0.3 is 0 Å². The van der Waals surface area contributed by atoms with E-state index in [-0.39, 0.29) is 0 Å². The summed E-state index contributed by atoms with van der Waals surface area (Å²) in [7, 11) is 0. The molecule has 5 nitrogen and oxygen atoms in total. The molecule has 1 aromatic carbocycles. The van der Waals surface area contributed by atoms with Crippen molar-refractivity contribution >= 4 is 17.3 Å². The maximum Gasteiger partial charge on any atom is 0.261 e. The van der Waals surface area contributed by atoms with Crippen LogP contribution in [0, 0.1) is 0 Å². The van der Waals surface area contributed by atoms with Gasteiger partial charge < -0.3 is 15.0 Å². The van der Waals surface area contributed by atoms with Crippen molar-refractivity contribution in [1.29, 1.82) is 0 Å². The van der Waals surface area contributed by atoms with Crippen LogP contribution in [0.15, 0.2) is 22.7 Å². The van der Waals surface area contributed by atoms with E-state index in [2.05, 4.69) is 10.1 Å². The first kappa shape index (κ1) is 14.8. The summed E-state index contributed by atoms with van der Waals surface area (Å²) in [6, 6.07) is 5.25. The zero-order chi connectivity index (χ0) is 14.8. The van der Waals surface area contributed by atoms with Gasteiger partial charge in [-0.1, -0.05) is 29.7 Å². The van der Waals surface area contributed by atoms with Crippen molar-refractivity contribution < 1.29 is 9.26 Å². The normalized spacial score (nSPS) is 14.2. The van der Waals surface area contributed by atoms with E-state index in [0.717, 1.165) is 6.42 Å². The highest BCUT2D eigenvalue weighted by Gasteiger charge is 2.31. The van der Waals surface area contributed by atoms with E-state index < -0.39 is 5.60 Å². The molecule has 0 fully saturated rings. The molecule has 0 amide bonds. The number of halogens is 1. The summed E-state index contributed by atoms with van der Waals surface area (Å²) in [6.07, 6.45) is 0.734. The van der Waals surface area contributed by atoms with E-state index >= 15 is 0 Å². The highest BCUT2D eigenvalue weighted by molar-refractivity contribution is 6.33. The molecule has 2 aromatic rings. The van der Waals surface area contributed by atoms with Crippen LogP contribution in [0.1, 0.15) is 33.0 Å². The molecule has 0 radical (unpaired) electrons. The first-order chi connectivity index (χ1) is 9.51. The number of nitrogens with zero attached hydrogens (tertiary/aromatic N) is 2. The molecular weight excluding hydrogens is 278 g/mol. The van der Waals surface area contributed by atoms with Crippen LogP contribution in [0.4, 0.5) is 5.69 Å². The average molecular weight is 296 g/mol. The van der Waals surface area contributed by atoms with Crippen molar-refractivity contribution in [2.24, 2.45) is 0 Å². The number of rotatable bonds is 5. The Kier molecular flexibility index (Phi) is 4.30. The quantitative estimate of drug-likeness (QED) is 0.853. The topological polar surface area (TPSA) is 74.2 Å². The summed E-state index contributed by atoms with van der Waals surface area (Å²) in [6.45, 7) is 6.44. The van der Waals surface area contributed by atoms with Crippen molar-refractivity contribution in [2.45, 2.75) is 32.8 Å². The van der Waals surface area contributed by atoms with Crippen molar-refractivity contribution in [3.05, 3.63) is 29.0 Å². The molecule has 6 heteroatoms. The second-order valence-corrected chi connectivity index (χ2v) is 5.05. The van der Waals surface area contributed by atoms with E-state index in [1.54, 1.807) is 18.2 Å². The Morgan fingerprint density at radius 2 is 2.15 bits per heavy atom. The lowest BCUT2D eigenvalue weighted by atomic mass is 10.0. The van der Waals surface area contributed by atoms with Crippen LogP contribution in [0.5, 0.6) is 0 Å². The van der Waals surface area contributed by atoms with Gasteiger partial charge in [0.15, 0.2) is 0 Å². The molecule has 1 heterocycles. The molecule has 0 spiro atoms. The number of ether oxygens (including phenoxy) is 1. The first-order valence-electron chi connectivity index (χ1n) is 6.54. The molecule has 2 N–H and O–H groups in total. The predicted molar refractivity (Wildman–Crippen MR) is 78.4 cm³/mol. The Bertz CT molecular complexity index is 580. The second-order valence-electron chi connectivity index (χ2n) is 4.64. The summed E-state index contributed by atoms with van der Waals surface area (Å²) in [5.41, 5.74) is 6.40. The number of aromatic nitrogens is 2. The Hall–Kier alpha value is -1.59. The van der Waals surface area contributed by atoms with Gasteiger partial charge in [0.05, 0.1) is 10.6 Å². The van der Waals surface area contributed by atoms with Crippen molar-refractivity contribution in [3.8, 4) is 11.5 Å². The number of benzene rings is 1. The van der Waals surface area contributed by atoms with Gasteiger partial charge in [0.25, 0.3) is 5.89 Å². The van der Waals surface area contributed by atoms with Crippen molar-refractivity contribution in [1.82, 2.24) is 10.1 Å². The van der Waals surface area contributed by atoms with Gasteiger partial charge in [0.2, 0.25) is 5.82 Å². The lowest BCUT2D eigenvalue weighted by Crippen LogP contribution is -2.26. The van der Waals surface area contributed by atoms with Crippen molar-refractivity contribution in [2.75, 3.05) is 12.3 Å². The number of anilines is 1. The minimum absolute atomic E-state index is 0.308. The third-order valence-corrected chi connectivity index (χ3v) is 3.61. The standard InChI is InChI=1S/C14H18ClN3O2/c1-4-14(3,19-5-2)13-17-12(20-18-13)11-9(15)7-6-8-10(11)16/h6-8H,4-5,16H2,1-3H3. The highest BCUT2D eigenvalue weighted by Crippen LogP contribution is 2.34. The van der Waals surface area contributed by atoms with Crippen LogP contribution >= 0.6 is 11.6 Å². The summed E-state index contributed by atoms with van der Waals surface area (Å²) >= 11 is 6.14. The van der Waals surface area contributed by atoms with E-state index in [1.807, 2.05) is 20.8 Å². The van der Waals surface area contributed by atoms with E-state index in [4.69, 9.17) is 26.6 Å². The number of nitrogen functional groups attached to an aromatic ring is 1. The SMILES string of the molecule is CCOC(C)(CC)c1noc(-c2c(N)cccc2Cl)n1. The van der Waals surface area contributed by atoms with Gasteiger partial charge in [-0.05, 0) is 32.4 Å². The molecule has 0 saturated carbocycles. The Labute approximate surface area is 123 Å². The third-order valence-electron chi connectivity index (χ3n) is 3.30. The summed E-state index contributed by atoms with van der Waals surface area (Å²) in [5, 5.41) is 4.49. The monoisotopic (exact) mass is 295 g/mol. The molecule has 0 aliphatic carbocycles. The average Bonchev–Trinajstić information content (AvgIpc) is 2.89. The Morgan fingerprint density at radius 3 is 2.75 bits per heavy atom. The minimum Gasteiger partial charge on any atom is -0.398 e. The van der Waals surface area contributed by atoms with Crippen LogP contribution < -0.4 is 5.73 Å². The summed E-state index contributed by atoms with van der Waals surface area (Å²) in [4.78, 5) is 4.40. The summed E-state index contributed by atoms with van der Waals surface area (Å²) < 4.78 is 11.0. The van der Waals surface area contributed by atoms with Crippen LogP contribution in [-0.2, 0) is 10.3 Å². The smallest absolute Gasteiger partial charge is 0.261 e. The van der Waals surface area contributed by atoms with Gasteiger partial charge in [-0.2, -0.15) is 4.98 Å². The van der Waals surface area contributed by atoms with Gasteiger partial charge in [-0.25, -0.2) is 0 Å². The van der Waals surface area contributed by atoms with Gasteiger partial charge in [-0.15, -0.1) is 0 Å². The van der Waals surface area contributed by atoms with Crippen LogP contribution in [-0.4, -0.2) is 16.7 Å². The van der Waals surface area contributed by atoms with E-state index in [0.29, 0.717) is 34.6 Å². The predicted octanol–water partition coefficient (Wildman–Crippen LogP) is 3.63. The number of hydrogen-bond donors (Lipinski definition) is 1. The number of nitrogens with two attached hydrogens (primary N) is 1. The van der Waals surface area contributed by atoms with Crippen LogP contribution in [0.2, 0.25) is 5.02 Å². The minimum atomic E-state index is -0.577. The van der Waals surface area contributed by atoms with Crippen molar-refractivity contribution in [3.63, 3.8) is 0 Å². The Morgan fingerprint density at radius 1 is 1.40 bits per heavy atom. The Balaban J connectivity index is 2.43. The number of hydrogen-bond acceptors (Lipinski definition) is 5. The van der Waals surface area contributed by atoms with Crippen LogP contribution in [0.25, 0.3) is 11.5 Å². The molecule has 0 bridgehead atoms. The lowest BCUT2D eigenvalue weighted by molar-refractivity contribution is -0.0403. The van der Waals surface area contributed by atoms with Gasteiger partial charge in [-0.3, -0.25) is 0 Å². The molecular formula is C14H18ClN3O2. The highest BCUT2D eigenvalue weighted by atomic mass is 35.5. The fourth-order valence-corrected chi connectivity index (χ4v) is 2.21. The maximum absolute atomic E-state index is 6.14. The zero-order valence-corrected chi connectivity index (χ0v) is 12.6. The molecule has 0 aliphatic heterocycles. The largest absolute Gasteiger partial charge is 0.398 e. The molecule has 0 saturated heterocycles. The molecule has 0 aliphatic rings. The molecule has 1 atom stereocenters. The molecule has 1 aromatic heterocycles. The maximum atomic E-state index is 6.14. The second kappa shape index (κ2) is 5.81. The van der Waals surface area contributed by atoms with E-state index in [1.165, 1.54) is 0 Å². The molecule has 20 heavy (non-hydrogen) atoms. The van der Waals surface area contributed by atoms with Crippen LogP contribution in [0.3, 0.4) is 0 Å². The lowest BCUT2D eigenvalue weighted by Gasteiger charge is -2.23. The summed E-state index contributed by atoms with van der Waals surface area (Å²) in [5.74, 6) is 0.804. The molecule has 2 rings (SSSR count). The fourth-order valence-electron chi connectivity index (χ4n) is 1.95. The van der Waals surface area contributed by atoms with Gasteiger partial charge in [0.1, 0.15) is 5.60 Å². The molecule has 108 valence electrons. The molecule has 1 unspecified atom stereocenters. The first-order valence-corrected chi connectivity index (χ1v) is 6.92. The third kappa shape index (κ3) is 2.64. The fraction of sp³-hybridized carbons (Fsp3) is 0.429. The zero-order valence-electron chi connectivity index (χ0n) is 11.8. The van der Waals surface area contributed by atoms with E-state index in [9.17, 15) is 0 Å².